The number of ether oxygens (including phenoxy) is 1. The van der Waals surface area contributed by atoms with Crippen LogP contribution in [0.4, 0.5) is 0 Å². The number of benzene rings is 2. The number of aryl methyl sites for hydroxylation is 1. The second-order valence-corrected chi connectivity index (χ2v) is 7.46. The molecule has 0 bridgehead atoms. The summed E-state index contributed by atoms with van der Waals surface area (Å²) < 4.78 is 5.65. The van der Waals surface area contributed by atoms with Gasteiger partial charge in [0.1, 0.15) is 11.5 Å². The summed E-state index contributed by atoms with van der Waals surface area (Å²) in [5.41, 5.74) is 2.59. The van der Waals surface area contributed by atoms with E-state index in [0.29, 0.717) is 25.1 Å². The summed E-state index contributed by atoms with van der Waals surface area (Å²) in [5.74, 6) is -0.606. The number of hydrogen-bond donors (Lipinski definition) is 1. The molecule has 1 aliphatic rings. The fraction of sp³-hybridized carbons (Fsp3) is 0.360. The van der Waals surface area contributed by atoms with Gasteiger partial charge >= 0.3 is 0 Å². The first-order chi connectivity index (χ1) is 14.5. The number of ketones is 1. The Morgan fingerprint density at radius 2 is 1.63 bits per heavy atom. The SMILES string of the molecule is CCCOc1ccc(C2/C(=C(/O)c3ccc(CC)cc3)C(=O)C(=O)N2CCC)cc1. The highest BCUT2D eigenvalue weighted by atomic mass is 16.5. The van der Waals surface area contributed by atoms with Gasteiger partial charge in [-0.2, -0.15) is 0 Å². The summed E-state index contributed by atoms with van der Waals surface area (Å²) in [6.45, 7) is 7.12. The Labute approximate surface area is 178 Å². The number of aliphatic hydroxyl groups is 1. The third kappa shape index (κ3) is 4.25. The molecule has 1 heterocycles. The molecule has 1 unspecified atom stereocenters. The monoisotopic (exact) mass is 407 g/mol. The van der Waals surface area contributed by atoms with Gasteiger partial charge in [-0.15, -0.1) is 0 Å². The van der Waals surface area contributed by atoms with Gasteiger partial charge < -0.3 is 14.7 Å². The fourth-order valence-electron chi connectivity index (χ4n) is 3.72. The van der Waals surface area contributed by atoms with Crippen LogP contribution < -0.4 is 4.74 Å². The Bertz CT molecular complexity index is 929. The zero-order valence-electron chi connectivity index (χ0n) is 17.9. The molecule has 30 heavy (non-hydrogen) atoms. The van der Waals surface area contributed by atoms with E-state index in [0.717, 1.165) is 29.7 Å². The van der Waals surface area contributed by atoms with Crippen LogP contribution in [0.5, 0.6) is 5.75 Å². The van der Waals surface area contributed by atoms with Crippen LogP contribution in [-0.2, 0) is 16.0 Å². The lowest BCUT2D eigenvalue weighted by Gasteiger charge is -2.25. The summed E-state index contributed by atoms with van der Waals surface area (Å²) >= 11 is 0. The average Bonchev–Trinajstić information content (AvgIpc) is 3.03. The Kier molecular flexibility index (Phi) is 6.93. The minimum Gasteiger partial charge on any atom is -0.507 e. The lowest BCUT2D eigenvalue weighted by atomic mass is 9.95. The van der Waals surface area contributed by atoms with E-state index in [2.05, 4.69) is 6.92 Å². The molecule has 1 aliphatic heterocycles. The molecular formula is C25H29NO4. The summed E-state index contributed by atoms with van der Waals surface area (Å²) in [7, 11) is 0. The van der Waals surface area contributed by atoms with Gasteiger partial charge in [0.05, 0.1) is 18.2 Å². The topological polar surface area (TPSA) is 66.8 Å². The molecule has 0 aliphatic carbocycles. The maximum Gasteiger partial charge on any atom is 0.295 e. The number of nitrogens with zero attached hydrogens (tertiary/aromatic N) is 1. The molecule has 1 fully saturated rings. The molecule has 1 saturated heterocycles. The van der Waals surface area contributed by atoms with Crippen molar-refractivity contribution in [1.82, 2.24) is 4.90 Å². The highest BCUT2D eigenvalue weighted by molar-refractivity contribution is 6.46. The number of hydrogen-bond acceptors (Lipinski definition) is 4. The van der Waals surface area contributed by atoms with E-state index >= 15 is 0 Å². The fourth-order valence-corrected chi connectivity index (χ4v) is 3.72. The van der Waals surface area contributed by atoms with Gasteiger partial charge in [0.2, 0.25) is 0 Å². The third-order valence-electron chi connectivity index (χ3n) is 5.31. The number of aliphatic hydroxyl groups excluding tert-OH is 1. The van der Waals surface area contributed by atoms with Crippen LogP contribution in [0.2, 0.25) is 0 Å². The first-order valence-corrected chi connectivity index (χ1v) is 10.6. The van der Waals surface area contributed by atoms with Gasteiger partial charge in [-0.1, -0.05) is 57.2 Å². The Hall–Kier alpha value is -3.08. The van der Waals surface area contributed by atoms with E-state index in [9.17, 15) is 14.7 Å². The molecule has 0 aromatic heterocycles. The van der Waals surface area contributed by atoms with E-state index in [1.165, 1.54) is 0 Å². The number of rotatable bonds is 8. The summed E-state index contributed by atoms with van der Waals surface area (Å²) in [6, 6.07) is 14.2. The molecule has 1 N–H and O–H groups in total. The van der Waals surface area contributed by atoms with Crippen molar-refractivity contribution in [2.75, 3.05) is 13.2 Å². The molecular weight excluding hydrogens is 378 g/mol. The molecule has 2 aromatic carbocycles. The van der Waals surface area contributed by atoms with Crippen LogP contribution in [0.15, 0.2) is 54.1 Å². The molecule has 0 spiro atoms. The first-order valence-electron chi connectivity index (χ1n) is 10.6. The van der Waals surface area contributed by atoms with E-state index in [-0.39, 0.29) is 11.3 Å². The van der Waals surface area contributed by atoms with Crippen LogP contribution in [0, 0.1) is 0 Å². The Morgan fingerprint density at radius 3 is 2.20 bits per heavy atom. The molecule has 3 rings (SSSR count). The number of likely N-dealkylation sites (tertiary alicyclic amines) is 1. The van der Waals surface area contributed by atoms with Gasteiger partial charge in [-0.3, -0.25) is 9.59 Å². The van der Waals surface area contributed by atoms with Crippen molar-refractivity contribution in [2.45, 2.75) is 46.1 Å². The van der Waals surface area contributed by atoms with Gasteiger partial charge in [0, 0.05) is 12.1 Å². The number of carbonyl (C=O) groups excluding carboxylic acids is 2. The number of carbonyl (C=O) groups is 2. The van der Waals surface area contributed by atoms with Crippen molar-refractivity contribution in [3.05, 3.63) is 70.8 Å². The van der Waals surface area contributed by atoms with Gasteiger partial charge in [-0.25, -0.2) is 0 Å². The zero-order chi connectivity index (χ0) is 21.7. The largest absolute Gasteiger partial charge is 0.507 e. The van der Waals surface area contributed by atoms with E-state index in [1.807, 2.05) is 50.2 Å². The van der Waals surface area contributed by atoms with Crippen molar-refractivity contribution in [1.29, 1.82) is 0 Å². The lowest BCUT2D eigenvalue weighted by molar-refractivity contribution is -0.139. The maximum absolute atomic E-state index is 12.9. The zero-order valence-corrected chi connectivity index (χ0v) is 17.9. The molecule has 1 atom stereocenters. The molecule has 0 radical (unpaired) electrons. The van der Waals surface area contributed by atoms with Crippen LogP contribution in [-0.4, -0.2) is 34.8 Å². The highest BCUT2D eigenvalue weighted by Crippen LogP contribution is 2.39. The minimum absolute atomic E-state index is 0.133. The van der Waals surface area contributed by atoms with Gasteiger partial charge in [0.25, 0.3) is 11.7 Å². The first kappa shape index (κ1) is 21.6. The van der Waals surface area contributed by atoms with Gasteiger partial charge in [-0.05, 0) is 42.5 Å². The van der Waals surface area contributed by atoms with Crippen molar-refractivity contribution in [2.24, 2.45) is 0 Å². The predicted octanol–water partition coefficient (Wildman–Crippen LogP) is 4.87. The van der Waals surface area contributed by atoms with E-state index in [1.54, 1.807) is 17.0 Å². The van der Waals surface area contributed by atoms with Crippen molar-refractivity contribution >= 4 is 17.4 Å². The number of Topliss-reactive ketones (excluding diaryl/α,β-unsaturated/α-hetero) is 1. The van der Waals surface area contributed by atoms with Crippen LogP contribution in [0.1, 0.15) is 56.3 Å². The molecule has 5 nitrogen and oxygen atoms in total. The van der Waals surface area contributed by atoms with Gasteiger partial charge in [0.15, 0.2) is 0 Å². The predicted molar refractivity (Wildman–Crippen MR) is 117 cm³/mol. The summed E-state index contributed by atoms with van der Waals surface area (Å²) in [6.07, 6.45) is 2.51. The number of amides is 1. The quantitative estimate of drug-likeness (QED) is 0.385. The summed E-state index contributed by atoms with van der Waals surface area (Å²) in [5, 5.41) is 11.0. The Morgan fingerprint density at radius 1 is 0.967 bits per heavy atom. The minimum atomic E-state index is -0.642. The highest BCUT2D eigenvalue weighted by Gasteiger charge is 2.45. The standard InChI is InChI=1S/C25H29NO4/c1-4-15-26-22(18-11-13-20(14-12-18)30-16-5-2)21(24(28)25(26)29)23(27)19-9-7-17(6-3)8-10-19/h7-14,22,27H,4-6,15-16H2,1-3H3/b23-21-. The van der Waals surface area contributed by atoms with Crippen molar-refractivity contribution in [3.63, 3.8) is 0 Å². The van der Waals surface area contributed by atoms with Crippen LogP contribution in [0.25, 0.3) is 5.76 Å². The maximum atomic E-state index is 12.9. The van der Waals surface area contributed by atoms with Crippen molar-refractivity contribution < 1.29 is 19.4 Å². The Balaban J connectivity index is 2.06. The molecule has 2 aromatic rings. The van der Waals surface area contributed by atoms with Crippen LogP contribution in [0.3, 0.4) is 0 Å². The third-order valence-corrected chi connectivity index (χ3v) is 5.31. The second-order valence-electron chi connectivity index (χ2n) is 7.46. The normalized spacial score (nSPS) is 18.1. The van der Waals surface area contributed by atoms with Crippen LogP contribution >= 0.6 is 0 Å². The van der Waals surface area contributed by atoms with E-state index in [4.69, 9.17) is 4.74 Å². The smallest absolute Gasteiger partial charge is 0.295 e. The lowest BCUT2D eigenvalue weighted by Crippen LogP contribution is -2.30. The molecule has 0 saturated carbocycles. The van der Waals surface area contributed by atoms with Crippen molar-refractivity contribution in [3.8, 4) is 5.75 Å². The second kappa shape index (κ2) is 9.61. The van der Waals surface area contributed by atoms with E-state index < -0.39 is 17.7 Å². The average molecular weight is 408 g/mol. The molecule has 5 heteroatoms. The molecule has 1 amide bonds. The molecule has 158 valence electrons. The summed E-state index contributed by atoms with van der Waals surface area (Å²) in [4.78, 5) is 27.2.